The molecule has 3 atom stereocenters. The molecule has 0 aromatic heterocycles. The summed E-state index contributed by atoms with van der Waals surface area (Å²) >= 11 is 1.47. The van der Waals surface area contributed by atoms with Crippen LogP contribution in [0.2, 0.25) is 0 Å². The highest BCUT2D eigenvalue weighted by Gasteiger charge is 2.33. The van der Waals surface area contributed by atoms with E-state index in [2.05, 4.69) is 10.6 Å². The highest BCUT2D eigenvalue weighted by atomic mass is 32.2. The van der Waals surface area contributed by atoms with Crippen molar-refractivity contribution in [3.8, 4) is 0 Å². The van der Waals surface area contributed by atoms with E-state index in [1.54, 1.807) is 12.1 Å². The van der Waals surface area contributed by atoms with Gasteiger partial charge in [-0.2, -0.15) is 0 Å². The number of carbonyl (C=O) groups is 2. The van der Waals surface area contributed by atoms with E-state index in [1.165, 1.54) is 23.9 Å². The molecule has 6 heteroatoms. The summed E-state index contributed by atoms with van der Waals surface area (Å²) in [6.07, 6.45) is 0.511. The van der Waals surface area contributed by atoms with Crippen LogP contribution >= 0.6 is 11.8 Å². The van der Waals surface area contributed by atoms with Crippen molar-refractivity contribution >= 4 is 34.3 Å². The zero-order valence-electron chi connectivity index (χ0n) is 16.6. The molecule has 0 unspecified atom stereocenters. The average molecular weight is 423 g/mol. The Kier molecular flexibility index (Phi) is 6.04. The zero-order chi connectivity index (χ0) is 21.1. The minimum absolute atomic E-state index is 0.159. The van der Waals surface area contributed by atoms with Crippen LogP contribution in [0.4, 0.5) is 4.39 Å². The molecule has 1 fully saturated rings. The standard InChI is InChI=1S/C24H23FN2O2S/c1-15(19-8-4-6-17-5-2-3-7-20(17)19)26-23(28)21-14-30-22(24(29)27-21)13-16-9-11-18(25)12-10-16/h2-12,15,21-22H,13-14H2,1H3,(H,26,28)(H,27,29)/t15-,21-,22+/m0/s1. The average Bonchev–Trinajstić information content (AvgIpc) is 2.76. The number of benzene rings is 3. The van der Waals surface area contributed by atoms with Crippen molar-refractivity contribution in [2.45, 2.75) is 30.7 Å². The fourth-order valence-electron chi connectivity index (χ4n) is 3.74. The van der Waals surface area contributed by atoms with Crippen LogP contribution in [0.5, 0.6) is 0 Å². The van der Waals surface area contributed by atoms with Crippen molar-refractivity contribution in [2.24, 2.45) is 0 Å². The van der Waals surface area contributed by atoms with Gasteiger partial charge in [-0.3, -0.25) is 9.59 Å². The summed E-state index contributed by atoms with van der Waals surface area (Å²) in [7, 11) is 0. The highest BCUT2D eigenvalue weighted by molar-refractivity contribution is 8.00. The first kappa shape index (κ1) is 20.4. The van der Waals surface area contributed by atoms with Crippen LogP contribution in [0, 0.1) is 5.82 Å². The van der Waals surface area contributed by atoms with Gasteiger partial charge in [0.15, 0.2) is 0 Å². The number of nitrogens with one attached hydrogen (secondary N) is 2. The lowest BCUT2D eigenvalue weighted by atomic mass is 9.99. The fourth-order valence-corrected chi connectivity index (χ4v) is 4.93. The number of halogens is 1. The molecule has 4 rings (SSSR count). The Morgan fingerprint density at radius 1 is 1.13 bits per heavy atom. The van der Waals surface area contributed by atoms with Gasteiger partial charge in [0.2, 0.25) is 11.8 Å². The molecular formula is C24H23FN2O2S. The van der Waals surface area contributed by atoms with Crippen LogP contribution in [0.3, 0.4) is 0 Å². The van der Waals surface area contributed by atoms with Gasteiger partial charge < -0.3 is 10.6 Å². The van der Waals surface area contributed by atoms with Crippen LogP contribution in [-0.2, 0) is 16.0 Å². The van der Waals surface area contributed by atoms with E-state index in [4.69, 9.17) is 0 Å². The molecule has 1 aliphatic rings. The molecule has 0 aliphatic carbocycles. The molecule has 2 amide bonds. The topological polar surface area (TPSA) is 58.2 Å². The van der Waals surface area contributed by atoms with Gasteiger partial charge in [-0.1, -0.05) is 54.6 Å². The monoisotopic (exact) mass is 422 g/mol. The predicted molar refractivity (Wildman–Crippen MR) is 119 cm³/mol. The van der Waals surface area contributed by atoms with Crippen molar-refractivity contribution in [1.29, 1.82) is 0 Å². The third-order valence-corrected chi connectivity index (χ3v) is 6.68. The summed E-state index contributed by atoms with van der Waals surface area (Å²) in [5.41, 5.74) is 1.95. The van der Waals surface area contributed by atoms with E-state index >= 15 is 0 Å². The SMILES string of the molecule is C[C@H](NC(=O)[C@@H]1CS[C@H](Cc2ccc(F)cc2)C(=O)N1)c1cccc2ccccc12. The van der Waals surface area contributed by atoms with E-state index in [9.17, 15) is 14.0 Å². The Morgan fingerprint density at radius 3 is 2.63 bits per heavy atom. The molecule has 4 nitrogen and oxygen atoms in total. The van der Waals surface area contributed by atoms with Gasteiger partial charge in [-0.05, 0) is 47.4 Å². The Labute approximate surface area is 179 Å². The molecule has 154 valence electrons. The Morgan fingerprint density at radius 2 is 1.87 bits per heavy atom. The second kappa shape index (κ2) is 8.88. The number of fused-ring (bicyclic) bond motifs is 1. The van der Waals surface area contributed by atoms with Gasteiger partial charge >= 0.3 is 0 Å². The Balaban J connectivity index is 1.37. The Bertz CT molecular complexity index is 1060. The third kappa shape index (κ3) is 4.49. The lowest BCUT2D eigenvalue weighted by Crippen LogP contribution is -2.54. The summed E-state index contributed by atoms with van der Waals surface area (Å²) in [5.74, 6) is -0.132. The molecule has 1 heterocycles. The molecular weight excluding hydrogens is 399 g/mol. The highest BCUT2D eigenvalue weighted by Crippen LogP contribution is 2.25. The van der Waals surface area contributed by atoms with E-state index in [1.807, 2.05) is 49.4 Å². The van der Waals surface area contributed by atoms with Crippen LogP contribution in [-0.4, -0.2) is 28.9 Å². The van der Waals surface area contributed by atoms with Crippen molar-refractivity contribution in [3.63, 3.8) is 0 Å². The van der Waals surface area contributed by atoms with E-state index in [-0.39, 0.29) is 28.9 Å². The minimum Gasteiger partial charge on any atom is -0.348 e. The molecule has 0 spiro atoms. The normalized spacial score (nSPS) is 19.9. The number of rotatable bonds is 5. The summed E-state index contributed by atoms with van der Waals surface area (Å²) in [6, 6.07) is 19.5. The van der Waals surface area contributed by atoms with E-state index < -0.39 is 6.04 Å². The molecule has 30 heavy (non-hydrogen) atoms. The molecule has 3 aromatic carbocycles. The van der Waals surface area contributed by atoms with Crippen molar-refractivity contribution in [2.75, 3.05) is 5.75 Å². The number of hydrogen-bond donors (Lipinski definition) is 2. The molecule has 3 aromatic rings. The lowest BCUT2D eigenvalue weighted by Gasteiger charge is -2.29. The Hall–Kier alpha value is -2.86. The molecule has 0 saturated carbocycles. The molecule has 1 aliphatic heterocycles. The van der Waals surface area contributed by atoms with E-state index in [0.717, 1.165) is 21.9 Å². The molecule has 2 N–H and O–H groups in total. The van der Waals surface area contributed by atoms with Gasteiger partial charge in [0, 0.05) is 5.75 Å². The van der Waals surface area contributed by atoms with Crippen molar-refractivity contribution in [1.82, 2.24) is 10.6 Å². The van der Waals surface area contributed by atoms with Gasteiger partial charge in [0.1, 0.15) is 11.9 Å². The summed E-state index contributed by atoms with van der Waals surface area (Å²) in [4.78, 5) is 25.3. The molecule has 0 bridgehead atoms. The van der Waals surface area contributed by atoms with Crippen LogP contribution in [0.15, 0.2) is 66.7 Å². The quantitative estimate of drug-likeness (QED) is 0.654. The minimum atomic E-state index is -0.565. The van der Waals surface area contributed by atoms with Crippen LogP contribution in [0.25, 0.3) is 10.8 Å². The van der Waals surface area contributed by atoms with Crippen molar-refractivity contribution < 1.29 is 14.0 Å². The van der Waals surface area contributed by atoms with E-state index in [0.29, 0.717) is 12.2 Å². The smallest absolute Gasteiger partial charge is 0.243 e. The van der Waals surface area contributed by atoms with Crippen LogP contribution < -0.4 is 10.6 Å². The fraction of sp³-hybridized carbons (Fsp3) is 0.250. The number of carbonyl (C=O) groups excluding carboxylic acids is 2. The summed E-state index contributed by atoms with van der Waals surface area (Å²) in [5, 5.41) is 7.84. The molecule has 0 radical (unpaired) electrons. The number of amides is 2. The largest absolute Gasteiger partial charge is 0.348 e. The maximum absolute atomic E-state index is 13.1. The second-order valence-electron chi connectivity index (χ2n) is 7.51. The summed E-state index contributed by atoms with van der Waals surface area (Å²) < 4.78 is 13.1. The second-order valence-corrected chi connectivity index (χ2v) is 8.75. The first-order valence-corrected chi connectivity index (χ1v) is 11.0. The van der Waals surface area contributed by atoms with Gasteiger partial charge in [-0.25, -0.2) is 4.39 Å². The number of hydrogen-bond acceptors (Lipinski definition) is 3. The first-order valence-electron chi connectivity index (χ1n) is 9.96. The van der Waals surface area contributed by atoms with Gasteiger partial charge in [0.05, 0.1) is 11.3 Å². The van der Waals surface area contributed by atoms with Crippen LogP contribution in [0.1, 0.15) is 24.1 Å². The zero-order valence-corrected chi connectivity index (χ0v) is 17.4. The first-order chi connectivity index (χ1) is 14.5. The number of thioether (sulfide) groups is 1. The van der Waals surface area contributed by atoms with Crippen molar-refractivity contribution in [3.05, 3.63) is 83.7 Å². The molecule has 1 saturated heterocycles. The van der Waals surface area contributed by atoms with Gasteiger partial charge in [-0.15, -0.1) is 11.8 Å². The lowest BCUT2D eigenvalue weighted by molar-refractivity contribution is -0.129. The third-order valence-electron chi connectivity index (χ3n) is 5.37. The predicted octanol–water partition coefficient (Wildman–Crippen LogP) is 4.00. The maximum atomic E-state index is 13.1. The van der Waals surface area contributed by atoms with Gasteiger partial charge in [0.25, 0.3) is 0 Å². The summed E-state index contributed by atoms with van der Waals surface area (Å²) in [6.45, 7) is 1.95. The maximum Gasteiger partial charge on any atom is 0.243 e.